The fourth-order valence-electron chi connectivity index (χ4n) is 1.37. The molecule has 1 rings (SSSR count). The van der Waals surface area contributed by atoms with Gasteiger partial charge in [0.25, 0.3) is 0 Å². The van der Waals surface area contributed by atoms with Crippen LogP contribution in [0.25, 0.3) is 0 Å². The van der Waals surface area contributed by atoms with E-state index in [4.69, 9.17) is 5.11 Å². The number of hydrogen-bond acceptors (Lipinski definition) is 3. The van der Waals surface area contributed by atoms with Crippen molar-refractivity contribution in [3.63, 3.8) is 0 Å². The van der Waals surface area contributed by atoms with E-state index < -0.39 is 5.97 Å². The summed E-state index contributed by atoms with van der Waals surface area (Å²) >= 11 is 8.35. The molecule has 0 radical (unpaired) electrons. The largest absolute Gasteiger partial charge is 0.481 e. The number of thiophene rings is 1. The second-order valence-corrected chi connectivity index (χ2v) is 6.76. The van der Waals surface area contributed by atoms with Gasteiger partial charge in [-0.1, -0.05) is 0 Å². The van der Waals surface area contributed by atoms with Crippen molar-refractivity contribution >= 4 is 55.6 Å². The Balaban J connectivity index is 2.59. The van der Waals surface area contributed by atoms with Crippen LogP contribution in [-0.2, 0) is 16.0 Å². The number of carbonyl (C=O) groups is 2. The molecule has 0 aliphatic carbocycles. The molecule has 94 valence electrons. The van der Waals surface area contributed by atoms with E-state index in [1.807, 2.05) is 6.07 Å². The average molecular weight is 385 g/mol. The summed E-state index contributed by atoms with van der Waals surface area (Å²) in [5, 5.41) is 11.3. The first-order valence-electron chi connectivity index (χ1n) is 4.88. The quantitative estimate of drug-likeness (QED) is 0.710. The van der Waals surface area contributed by atoms with Crippen LogP contribution in [0.4, 0.5) is 0 Å². The molecule has 2 N–H and O–H groups in total. The van der Waals surface area contributed by atoms with Crippen molar-refractivity contribution in [1.29, 1.82) is 0 Å². The highest BCUT2D eigenvalue weighted by Gasteiger charge is 2.13. The molecule has 1 aromatic heterocycles. The van der Waals surface area contributed by atoms with Gasteiger partial charge >= 0.3 is 5.97 Å². The van der Waals surface area contributed by atoms with Crippen LogP contribution in [0.1, 0.15) is 17.7 Å². The Morgan fingerprint density at radius 1 is 1.59 bits per heavy atom. The molecule has 17 heavy (non-hydrogen) atoms. The van der Waals surface area contributed by atoms with E-state index in [-0.39, 0.29) is 12.5 Å². The third-order valence-corrected chi connectivity index (χ3v) is 5.43. The maximum atomic E-state index is 10.5. The number of carboxylic acids is 1. The minimum Gasteiger partial charge on any atom is -0.481 e. The van der Waals surface area contributed by atoms with Gasteiger partial charge in [0, 0.05) is 28.2 Å². The summed E-state index contributed by atoms with van der Waals surface area (Å²) < 4.78 is 1.97. The molecular formula is C10H11Br2NO3S. The lowest BCUT2D eigenvalue weighted by Crippen LogP contribution is -2.30. The summed E-state index contributed by atoms with van der Waals surface area (Å²) in [4.78, 5) is 22.0. The minimum absolute atomic E-state index is 0.0548. The predicted octanol–water partition coefficient (Wildman–Crippen LogP) is 2.79. The Hall–Kier alpha value is -0.400. The molecule has 1 unspecified atom stereocenters. The molecule has 0 aliphatic heterocycles. The van der Waals surface area contributed by atoms with Crippen molar-refractivity contribution in [2.24, 2.45) is 0 Å². The second-order valence-electron chi connectivity index (χ2n) is 3.45. The predicted molar refractivity (Wildman–Crippen MR) is 73.3 cm³/mol. The van der Waals surface area contributed by atoms with Crippen LogP contribution in [0.15, 0.2) is 14.3 Å². The molecular weight excluding hydrogens is 374 g/mol. The zero-order valence-corrected chi connectivity index (χ0v) is 12.8. The van der Waals surface area contributed by atoms with E-state index in [1.54, 1.807) is 11.3 Å². The van der Waals surface area contributed by atoms with Crippen LogP contribution in [0, 0.1) is 0 Å². The number of rotatable bonds is 7. The summed E-state index contributed by atoms with van der Waals surface area (Å²) in [7, 11) is 0. The number of carboxylic acid groups (broad SMARTS) is 1. The maximum absolute atomic E-state index is 10.5. The maximum Gasteiger partial charge on any atom is 0.303 e. The van der Waals surface area contributed by atoms with Gasteiger partial charge in [-0.25, -0.2) is 0 Å². The fourth-order valence-corrected chi connectivity index (χ4v) is 3.63. The van der Waals surface area contributed by atoms with Gasteiger partial charge in [-0.05, 0) is 44.3 Å². The number of halogens is 2. The van der Waals surface area contributed by atoms with Gasteiger partial charge < -0.3 is 10.4 Å². The number of nitrogens with one attached hydrogen (secondary N) is 1. The van der Waals surface area contributed by atoms with E-state index in [2.05, 4.69) is 37.2 Å². The number of hydrogen-bond donors (Lipinski definition) is 2. The lowest BCUT2D eigenvalue weighted by Gasteiger charge is -2.13. The molecule has 0 fully saturated rings. The molecule has 0 bridgehead atoms. The van der Waals surface area contributed by atoms with Crippen LogP contribution in [-0.4, -0.2) is 23.5 Å². The van der Waals surface area contributed by atoms with Crippen LogP contribution in [0.2, 0.25) is 0 Å². The highest BCUT2D eigenvalue weighted by molar-refractivity contribution is 9.13. The summed E-state index contributed by atoms with van der Waals surface area (Å²) in [6.45, 7) is 0. The smallest absolute Gasteiger partial charge is 0.303 e. The Morgan fingerprint density at radius 2 is 2.29 bits per heavy atom. The third-order valence-electron chi connectivity index (χ3n) is 2.15. The first-order valence-corrected chi connectivity index (χ1v) is 7.28. The number of carbonyl (C=O) groups excluding carboxylic acids is 1. The Morgan fingerprint density at radius 3 is 2.76 bits per heavy atom. The van der Waals surface area contributed by atoms with Crippen LogP contribution < -0.4 is 5.32 Å². The second kappa shape index (κ2) is 7.13. The van der Waals surface area contributed by atoms with Gasteiger partial charge in [0.15, 0.2) is 0 Å². The monoisotopic (exact) mass is 383 g/mol. The normalized spacial score (nSPS) is 12.1. The molecule has 4 nitrogen and oxygen atoms in total. The molecule has 1 atom stereocenters. The molecule has 0 saturated carbocycles. The topological polar surface area (TPSA) is 66.4 Å². The zero-order chi connectivity index (χ0) is 12.8. The highest BCUT2D eigenvalue weighted by atomic mass is 79.9. The Kier molecular flexibility index (Phi) is 6.15. The lowest BCUT2D eigenvalue weighted by atomic mass is 10.1. The van der Waals surface area contributed by atoms with Crippen molar-refractivity contribution in [2.75, 3.05) is 0 Å². The van der Waals surface area contributed by atoms with Gasteiger partial charge in [0.2, 0.25) is 6.41 Å². The lowest BCUT2D eigenvalue weighted by molar-refractivity contribution is -0.137. The van der Waals surface area contributed by atoms with E-state index >= 15 is 0 Å². The number of aliphatic carboxylic acids is 1. The minimum atomic E-state index is -0.851. The van der Waals surface area contributed by atoms with Gasteiger partial charge in [0.1, 0.15) is 0 Å². The van der Waals surface area contributed by atoms with Crippen molar-refractivity contribution in [1.82, 2.24) is 5.32 Å². The number of amides is 1. The molecule has 7 heteroatoms. The van der Waals surface area contributed by atoms with Gasteiger partial charge in [0.05, 0.1) is 3.79 Å². The van der Waals surface area contributed by atoms with Crippen LogP contribution >= 0.6 is 43.2 Å². The molecule has 1 aromatic rings. The molecule has 0 aromatic carbocycles. The molecule has 1 heterocycles. The van der Waals surface area contributed by atoms with Crippen molar-refractivity contribution in [3.8, 4) is 0 Å². The molecule has 0 aliphatic rings. The average Bonchev–Trinajstić information content (AvgIpc) is 2.55. The van der Waals surface area contributed by atoms with E-state index in [0.717, 1.165) is 13.1 Å². The first kappa shape index (κ1) is 14.7. The first-order chi connectivity index (χ1) is 8.02. The van der Waals surface area contributed by atoms with Gasteiger partial charge in [-0.3, -0.25) is 9.59 Å². The van der Waals surface area contributed by atoms with Gasteiger partial charge in [-0.2, -0.15) is 0 Å². The Bertz CT molecular complexity index is 389. The van der Waals surface area contributed by atoms with Gasteiger partial charge in [-0.15, -0.1) is 11.3 Å². The molecule has 1 amide bonds. The van der Waals surface area contributed by atoms with Crippen LogP contribution in [0.3, 0.4) is 0 Å². The molecule has 0 saturated heterocycles. The zero-order valence-electron chi connectivity index (χ0n) is 8.78. The fraction of sp³-hybridized carbons (Fsp3) is 0.400. The molecule has 0 spiro atoms. The Labute approximate surface area is 120 Å². The standard InChI is InChI=1S/C10H11Br2NO3S/c11-8-4-7(17-10(8)12)3-6(13-5-14)1-2-9(15)16/h4-6H,1-3H2,(H,13,14)(H,15,16). The summed E-state index contributed by atoms with van der Waals surface area (Å²) in [5.74, 6) is -0.851. The van der Waals surface area contributed by atoms with Crippen LogP contribution in [0.5, 0.6) is 0 Å². The summed E-state index contributed by atoms with van der Waals surface area (Å²) in [5.41, 5.74) is 0. The summed E-state index contributed by atoms with van der Waals surface area (Å²) in [6, 6.07) is 1.83. The summed E-state index contributed by atoms with van der Waals surface area (Å²) in [6.07, 6.45) is 1.74. The SMILES string of the molecule is O=CNC(CCC(=O)O)Cc1cc(Br)c(Br)s1. The van der Waals surface area contributed by atoms with E-state index in [1.165, 1.54) is 0 Å². The third kappa shape index (κ3) is 5.18. The van der Waals surface area contributed by atoms with Crippen molar-refractivity contribution in [2.45, 2.75) is 25.3 Å². The van der Waals surface area contributed by atoms with E-state index in [0.29, 0.717) is 19.3 Å². The van der Waals surface area contributed by atoms with Crippen molar-refractivity contribution < 1.29 is 14.7 Å². The highest BCUT2D eigenvalue weighted by Crippen LogP contribution is 2.33. The van der Waals surface area contributed by atoms with E-state index in [9.17, 15) is 9.59 Å². The van der Waals surface area contributed by atoms with Crippen molar-refractivity contribution in [3.05, 3.63) is 19.2 Å².